The molecule has 0 bridgehead atoms. The fourth-order valence-corrected chi connectivity index (χ4v) is 3.68. The maximum atomic E-state index is 13.2. The normalized spacial score (nSPS) is 10.7. The smallest absolute Gasteiger partial charge is 0.261 e. The van der Waals surface area contributed by atoms with Crippen molar-refractivity contribution in [1.82, 2.24) is 4.98 Å². The summed E-state index contributed by atoms with van der Waals surface area (Å²) >= 11 is 3.56. The Bertz CT molecular complexity index is 793. The van der Waals surface area contributed by atoms with Crippen molar-refractivity contribution in [3.8, 4) is 5.75 Å². The van der Waals surface area contributed by atoms with Crippen molar-refractivity contribution in [1.29, 1.82) is 0 Å². The van der Waals surface area contributed by atoms with Gasteiger partial charge in [-0.15, -0.1) is 0 Å². The second kappa shape index (κ2) is 9.88. The van der Waals surface area contributed by atoms with Gasteiger partial charge in [-0.3, -0.25) is 9.78 Å². The zero-order valence-corrected chi connectivity index (χ0v) is 18.5. The quantitative estimate of drug-likeness (QED) is 0.518. The van der Waals surface area contributed by atoms with Crippen LogP contribution in [0.3, 0.4) is 0 Å². The molecule has 0 aliphatic rings. The molecule has 146 valence electrons. The zero-order chi connectivity index (χ0) is 20.0. The van der Waals surface area contributed by atoms with Gasteiger partial charge in [-0.05, 0) is 56.4 Å². The van der Waals surface area contributed by atoms with E-state index in [1.165, 1.54) is 0 Å². The Labute approximate surface area is 170 Å². The second-order valence-electron chi connectivity index (χ2n) is 6.68. The predicted molar refractivity (Wildman–Crippen MR) is 115 cm³/mol. The summed E-state index contributed by atoms with van der Waals surface area (Å²) in [6.45, 7) is 10.7. The molecule has 2 aromatic rings. The van der Waals surface area contributed by atoms with Gasteiger partial charge in [-0.2, -0.15) is 0 Å². The summed E-state index contributed by atoms with van der Waals surface area (Å²) in [6.07, 6.45) is 3.68. The Balaban J connectivity index is 2.41. The monoisotopic (exact) mass is 432 g/mol. The number of ether oxygens (including phenoxy) is 1. The minimum atomic E-state index is -0.168. The van der Waals surface area contributed by atoms with Crippen LogP contribution in [0.4, 0.5) is 5.69 Å². The van der Waals surface area contributed by atoms with Crippen molar-refractivity contribution < 1.29 is 9.53 Å². The Hall–Kier alpha value is -1.88. The first-order valence-electron chi connectivity index (χ1n) is 9.64. The van der Waals surface area contributed by atoms with Crippen molar-refractivity contribution in [2.24, 2.45) is 0 Å². The molecule has 5 heteroatoms. The molecule has 0 atom stereocenters. The lowest BCUT2D eigenvalue weighted by Crippen LogP contribution is -2.18. The summed E-state index contributed by atoms with van der Waals surface area (Å²) < 4.78 is 6.96. The number of benzene rings is 1. The van der Waals surface area contributed by atoms with Gasteiger partial charge in [0.15, 0.2) is 0 Å². The molecule has 0 radical (unpaired) electrons. The molecule has 4 nitrogen and oxygen atoms in total. The minimum Gasteiger partial charge on any atom is -0.493 e. The molecule has 1 aromatic carbocycles. The molecule has 0 unspecified atom stereocenters. The van der Waals surface area contributed by atoms with Crippen LogP contribution in [-0.2, 0) is 12.8 Å². The molecule has 1 aromatic heterocycles. The lowest BCUT2D eigenvalue weighted by molar-refractivity contribution is 0.102. The van der Waals surface area contributed by atoms with Gasteiger partial charge in [0.05, 0.1) is 12.3 Å². The van der Waals surface area contributed by atoms with Crippen LogP contribution in [0.2, 0.25) is 0 Å². The number of anilines is 1. The van der Waals surface area contributed by atoms with Crippen LogP contribution < -0.4 is 10.1 Å². The summed E-state index contributed by atoms with van der Waals surface area (Å²) in [7, 11) is 0. The first kappa shape index (κ1) is 21.4. The number of amides is 1. The average Bonchev–Trinajstić information content (AvgIpc) is 2.62. The van der Waals surface area contributed by atoms with Crippen molar-refractivity contribution in [2.45, 2.75) is 60.3 Å². The summed E-state index contributed by atoms with van der Waals surface area (Å²) in [5.41, 5.74) is 5.17. The maximum Gasteiger partial charge on any atom is 0.261 e. The number of nitrogens with zero attached hydrogens (tertiary/aromatic N) is 1. The number of hydrogen-bond donors (Lipinski definition) is 1. The van der Waals surface area contributed by atoms with Gasteiger partial charge >= 0.3 is 0 Å². The zero-order valence-electron chi connectivity index (χ0n) is 16.9. The van der Waals surface area contributed by atoms with E-state index in [1.807, 2.05) is 19.9 Å². The van der Waals surface area contributed by atoms with E-state index in [1.54, 1.807) is 0 Å². The molecule has 0 fully saturated rings. The van der Waals surface area contributed by atoms with Crippen LogP contribution in [-0.4, -0.2) is 17.5 Å². The fraction of sp³-hybridized carbons (Fsp3) is 0.455. The van der Waals surface area contributed by atoms with E-state index < -0.39 is 0 Å². The highest BCUT2D eigenvalue weighted by molar-refractivity contribution is 9.10. The van der Waals surface area contributed by atoms with Crippen molar-refractivity contribution in [2.75, 3.05) is 11.9 Å². The van der Waals surface area contributed by atoms with Crippen molar-refractivity contribution in [3.63, 3.8) is 0 Å². The van der Waals surface area contributed by atoms with E-state index in [2.05, 4.69) is 59.1 Å². The highest BCUT2D eigenvalue weighted by atomic mass is 79.9. The summed E-state index contributed by atoms with van der Waals surface area (Å²) in [5, 5.41) is 3.14. The number of aryl methyl sites for hydroxylation is 4. The summed E-state index contributed by atoms with van der Waals surface area (Å²) in [4.78, 5) is 17.7. The number of carbonyl (C=O) groups excluding carboxylic acids is 1. The summed E-state index contributed by atoms with van der Waals surface area (Å²) in [5.74, 6) is 0.442. The van der Waals surface area contributed by atoms with Crippen LogP contribution in [0.1, 0.15) is 66.5 Å². The average molecular weight is 433 g/mol. The Morgan fingerprint density at radius 3 is 2.30 bits per heavy atom. The lowest BCUT2D eigenvalue weighted by atomic mass is 10.0. The van der Waals surface area contributed by atoms with Gasteiger partial charge in [0.25, 0.3) is 5.91 Å². The molecule has 27 heavy (non-hydrogen) atoms. The third-order valence-electron chi connectivity index (χ3n) is 4.54. The van der Waals surface area contributed by atoms with Gasteiger partial charge in [0.2, 0.25) is 0 Å². The molecule has 1 heterocycles. The number of aromatic nitrogens is 1. The predicted octanol–water partition coefficient (Wildman–Crippen LogP) is 6.02. The van der Waals surface area contributed by atoms with Crippen LogP contribution in [0.5, 0.6) is 5.75 Å². The van der Waals surface area contributed by atoms with Crippen LogP contribution in [0, 0.1) is 13.8 Å². The van der Waals surface area contributed by atoms with Crippen LogP contribution in [0.25, 0.3) is 0 Å². The molecule has 1 N–H and O–H groups in total. The maximum absolute atomic E-state index is 13.2. The first-order chi connectivity index (χ1) is 12.9. The number of rotatable bonds is 8. The van der Waals surface area contributed by atoms with Gasteiger partial charge < -0.3 is 10.1 Å². The van der Waals surface area contributed by atoms with E-state index in [4.69, 9.17) is 4.74 Å². The molecule has 0 aliphatic heterocycles. The number of unbranched alkanes of at least 4 members (excludes halogenated alkanes) is 1. The van der Waals surface area contributed by atoms with Crippen LogP contribution in [0.15, 0.2) is 22.7 Å². The van der Waals surface area contributed by atoms with Crippen LogP contribution >= 0.6 is 15.9 Å². The van der Waals surface area contributed by atoms with E-state index >= 15 is 0 Å². The number of halogens is 1. The van der Waals surface area contributed by atoms with E-state index in [0.29, 0.717) is 23.6 Å². The summed E-state index contributed by atoms with van der Waals surface area (Å²) in [6, 6.07) is 5.97. The van der Waals surface area contributed by atoms with E-state index in [0.717, 1.165) is 52.7 Å². The molecule has 0 saturated carbocycles. The van der Waals surface area contributed by atoms with E-state index in [9.17, 15) is 4.79 Å². The Morgan fingerprint density at radius 2 is 1.74 bits per heavy atom. The molecule has 1 amide bonds. The standard InChI is InChI=1S/C22H29BrN2O2/c1-6-9-10-27-19-11-14(4)24-15(5)20(19)22(26)25-21-16(7-2)12-18(23)13-17(21)8-3/h11-13H,6-10H2,1-5H3,(H,25,26). The number of hydrogen-bond acceptors (Lipinski definition) is 3. The van der Waals surface area contributed by atoms with Crippen molar-refractivity contribution in [3.05, 3.63) is 50.8 Å². The Morgan fingerprint density at radius 1 is 1.11 bits per heavy atom. The highest BCUT2D eigenvalue weighted by Crippen LogP contribution is 2.30. The molecule has 0 aliphatic carbocycles. The van der Waals surface area contributed by atoms with Gasteiger partial charge in [-0.25, -0.2) is 0 Å². The van der Waals surface area contributed by atoms with Gasteiger partial charge in [0.1, 0.15) is 11.3 Å². The molecule has 2 rings (SSSR count). The topological polar surface area (TPSA) is 51.2 Å². The molecular formula is C22H29BrN2O2. The SMILES string of the molecule is CCCCOc1cc(C)nc(C)c1C(=O)Nc1c(CC)cc(Br)cc1CC. The van der Waals surface area contributed by atoms with E-state index in [-0.39, 0.29) is 5.91 Å². The first-order valence-corrected chi connectivity index (χ1v) is 10.4. The number of nitrogens with one attached hydrogen (secondary N) is 1. The highest BCUT2D eigenvalue weighted by Gasteiger charge is 2.20. The minimum absolute atomic E-state index is 0.168. The lowest BCUT2D eigenvalue weighted by Gasteiger charge is -2.18. The third-order valence-corrected chi connectivity index (χ3v) is 5.00. The van der Waals surface area contributed by atoms with Gasteiger partial charge in [0, 0.05) is 21.9 Å². The molecule has 0 spiro atoms. The van der Waals surface area contributed by atoms with Gasteiger partial charge in [-0.1, -0.05) is 43.1 Å². The fourth-order valence-electron chi connectivity index (χ4n) is 3.13. The molecule has 0 saturated heterocycles. The largest absolute Gasteiger partial charge is 0.493 e. The Kier molecular flexibility index (Phi) is 7.84. The number of pyridine rings is 1. The second-order valence-corrected chi connectivity index (χ2v) is 7.60. The molecular weight excluding hydrogens is 404 g/mol. The number of carbonyl (C=O) groups is 1. The van der Waals surface area contributed by atoms with Crippen molar-refractivity contribution >= 4 is 27.5 Å². The third kappa shape index (κ3) is 5.32.